The van der Waals surface area contributed by atoms with Crippen LogP contribution in [-0.2, 0) is 6.42 Å². The predicted molar refractivity (Wildman–Crippen MR) is 108 cm³/mol. The molecule has 0 radical (unpaired) electrons. The van der Waals surface area contributed by atoms with Crippen molar-refractivity contribution < 1.29 is 9.18 Å². The minimum Gasteiger partial charge on any atom is -0.339 e. The second-order valence-corrected chi connectivity index (χ2v) is 7.28. The van der Waals surface area contributed by atoms with Gasteiger partial charge in [0.05, 0.1) is 11.3 Å². The van der Waals surface area contributed by atoms with Crippen LogP contribution in [0.1, 0.15) is 35.0 Å². The fourth-order valence-electron chi connectivity index (χ4n) is 3.44. The molecule has 2 N–H and O–H groups in total. The molecule has 0 fully saturated rings. The summed E-state index contributed by atoms with van der Waals surface area (Å²) < 4.78 is 13.2. The summed E-state index contributed by atoms with van der Waals surface area (Å²) in [4.78, 5) is 21.8. The van der Waals surface area contributed by atoms with E-state index in [1.54, 1.807) is 12.1 Å². The molecule has 5 nitrogen and oxygen atoms in total. The molecule has 0 saturated carbocycles. The molecule has 2 aromatic carbocycles. The van der Waals surface area contributed by atoms with E-state index in [0.29, 0.717) is 35.9 Å². The van der Waals surface area contributed by atoms with Crippen LogP contribution >= 0.6 is 0 Å². The molecule has 0 aliphatic heterocycles. The zero-order chi connectivity index (χ0) is 19.7. The number of benzene rings is 2. The highest BCUT2D eigenvalue weighted by molar-refractivity contribution is 6.03. The Balaban J connectivity index is 1.74. The van der Waals surface area contributed by atoms with Crippen molar-refractivity contribution in [1.82, 2.24) is 9.97 Å². The molecular formula is C22H21FN4O. The number of carbonyl (C=O) groups is 1. The van der Waals surface area contributed by atoms with Crippen molar-refractivity contribution in [1.29, 1.82) is 0 Å². The third kappa shape index (κ3) is 3.86. The van der Waals surface area contributed by atoms with E-state index in [-0.39, 0.29) is 17.5 Å². The van der Waals surface area contributed by atoms with E-state index >= 15 is 0 Å². The maximum absolute atomic E-state index is 13.2. The van der Waals surface area contributed by atoms with Crippen molar-refractivity contribution in [3.8, 4) is 0 Å². The lowest BCUT2D eigenvalue weighted by Crippen LogP contribution is -2.22. The number of carbonyl (C=O) groups excluding carboxylic acids is 1. The Morgan fingerprint density at radius 2 is 1.79 bits per heavy atom. The van der Waals surface area contributed by atoms with E-state index in [0.717, 1.165) is 16.9 Å². The van der Waals surface area contributed by atoms with Gasteiger partial charge in [0.15, 0.2) is 5.78 Å². The van der Waals surface area contributed by atoms with Crippen molar-refractivity contribution >= 4 is 28.9 Å². The molecule has 1 unspecified atom stereocenters. The topological polar surface area (TPSA) is 66.9 Å². The van der Waals surface area contributed by atoms with E-state index in [1.807, 2.05) is 38.1 Å². The first-order valence-electron chi connectivity index (χ1n) is 9.28. The first-order valence-corrected chi connectivity index (χ1v) is 9.28. The van der Waals surface area contributed by atoms with Gasteiger partial charge in [-0.05, 0) is 61.2 Å². The number of ketones is 1. The van der Waals surface area contributed by atoms with Gasteiger partial charge in [-0.3, -0.25) is 4.79 Å². The highest BCUT2D eigenvalue weighted by Gasteiger charge is 2.28. The summed E-state index contributed by atoms with van der Waals surface area (Å²) in [6.07, 6.45) is 1.20. The van der Waals surface area contributed by atoms with Crippen molar-refractivity contribution in [2.75, 3.05) is 10.6 Å². The lowest BCUT2D eigenvalue weighted by Gasteiger charge is -2.23. The Morgan fingerprint density at radius 1 is 1.00 bits per heavy atom. The van der Waals surface area contributed by atoms with Crippen LogP contribution in [0.2, 0.25) is 0 Å². The normalized spacial score (nSPS) is 15.8. The van der Waals surface area contributed by atoms with E-state index in [2.05, 4.69) is 20.6 Å². The molecule has 0 spiro atoms. The highest BCUT2D eigenvalue weighted by atomic mass is 19.1. The second kappa shape index (κ2) is 7.38. The number of aryl methyl sites for hydroxylation is 1. The minimum absolute atomic E-state index is 0.0530. The Labute approximate surface area is 163 Å². The van der Waals surface area contributed by atoms with Crippen molar-refractivity contribution in [2.24, 2.45) is 5.92 Å². The molecule has 0 amide bonds. The number of nitrogens with zero attached hydrogens (tertiary/aromatic N) is 2. The molecule has 0 saturated heterocycles. The molecule has 1 aromatic heterocycles. The molecule has 3 aromatic rings. The Kier molecular flexibility index (Phi) is 4.77. The van der Waals surface area contributed by atoms with Crippen LogP contribution in [-0.4, -0.2) is 15.8 Å². The number of fused-ring (bicyclic) bond motifs is 1. The molecule has 1 heterocycles. The highest BCUT2D eigenvalue weighted by Crippen LogP contribution is 2.32. The summed E-state index contributed by atoms with van der Waals surface area (Å²) in [6, 6.07) is 13.9. The molecular weight excluding hydrogens is 355 g/mol. The SMILES string of the molecule is Cc1cccc(Nc2nc(Nc3ccc(F)cc3)nc3c2C(=O)CC(C)C3)c1. The van der Waals surface area contributed by atoms with E-state index in [4.69, 9.17) is 0 Å². The lowest BCUT2D eigenvalue weighted by molar-refractivity contribution is 0.0953. The number of anilines is 4. The van der Waals surface area contributed by atoms with Gasteiger partial charge in [-0.1, -0.05) is 19.1 Å². The monoisotopic (exact) mass is 376 g/mol. The number of Topliss-reactive ketones (excluding diaryl/α,β-unsaturated/α-hetero) is 1. The fourth-order valence-corrected chi connectivity index (χ4v) is 3.44. The average molecular weight is 376 g/mol. The van der Waals surface area contributed by atoms with E-state index < -0.39 is 0 Å². The first kappa shape index (κ1) is 18.1. The average Bonchev–Trinajstić information content (AvgIpc) is 2.63. The van der Waals surface area contributed by atoms with Gasteiger partial charge in [0.25, 0.3) is 0 Å². The molecule has 0 bridgehead atoms. The Morgan fingerprint density at radius 3 is 2.54 bits per heavy atom. The number of hydrogen-bond acceptors (Lipinski definition) is 5. The van der Waals surface area contributed by atoms with Crippen LogP contribution in [0.3, 0.4) is 0 Å². The number of halogens is 1. The van der Waals surface area contributed by atoms with Crippen molar-refractivity contribution in [3.05, 3.63) is 71.2 Å². The smallest absolute Gasteiger partial charge is 0.229 e. The van der Waals surface area contributed by atoms with Gasteiger partial charge < -0.3 is 10.6 Å². The minimum atomic E-state index is -0.307. The molecule has 28 heavy (non-hydrogen) atoms. The Bertz CT molecular complexity index is 1030. The van der Waals surface area contributed by atoms with Crippen LogP contribution < -0.4 is 10.6 Å². The summed E-state index contributed by atoms with van der Waals surface area (Å²) in [5.41, 5.74) is 3.94. The van der Waals surface area contributed by atoms with Gasteiger partial charge in [0.2, 0.25) is 5.95 Å². The molecule has 6 heteroatoms. The van der Waals surface area contributed by atoms with Crippen LogP contribution in [0, 0.1) is 18.7 Å². The third-order valence-electron chi connectivity index (χ3n) is 4.72. The zero-order valence-electron chi connectivity index (χ0n) is 15.8. The van der Waals surface area contributed by atoms with Gasteiger partial charge in [-0.2, -0.15) is 4.98 Å². The van der Waals surface area contributed by atoms with Crippen LogP contribution in [0.5, 0.6) is 0 Å². The zero-order valence-corrected chi connectivity index (χ0v) is 15.8. The first-order chi connectivity index (χ1) is 13.5. The Hall–Kier alpha value is -3.28. The number of hydrogen-bond donors (Lipinski definition) is 2. The van der Waals surface area contributed by atoms with Crippen molar-refractivity contribution in [3.63, 3.8) is 0 Å². The number of rotatable bonds is 4. The van der Waals surface area contributed by atoms with Gasteiger partial charge in [0.1, 0.15) is 11.6 Å². The largest absolute Gasteiger partial charge is 0.339 e. The van der Waals surface area contributed by atoms with Gasteiger partial charge >= 0.3 is 0 Å². The predicted octanol–water partition coefficient (Wildman–Crippen LogP) is 5.18. The molecule has 1 aliphatic carbocycles. The van der Waals surface area contributed by atoms with Crippen molar-refractivity contribution in [2.45, 2.75) is 26.7 Å². The summed E-state index contributed by atoms with van der Waals surface area (Å²) in [7, 11) is 0. The summed E-state index contributed by atoms with van der Waals surface area (Å²) in [5.74, 6) is 0.857. The third-order valence-corrected chi connectivity index (χ3v) is 4.72. The van der Waals surface area contributed by atoms with Crippen LogP contribution in [0.4, 0.5) is 27.5 Å². The summed E-state index contributed by atoms with van der Waals surface area (Å²) in [5, 5.41) is 6.39. The number of nitrogens with one attached hydrogen (secondary N) is 2. The molecule has 1 atom stereocenters. The van der Waals surface area contributed by atoms with Gasteiger partial charge in [-0.15, -0.1) is 0 Å². The second-order valence-electron chi connectivity index (χ2n) is 7.28. The van der Waals surface area contributed by atoms with E-state index in [1.165, 1.54) is 12.1 Å². The maximum atomic E-state index is 13.2. The lowest BCUT2D eigenvalue weighted by atomic mass is 9.87. The van der Waals surface area contributed by atoms with Crippen LogP contribution in [0.15, 0.2) is 48.5 Å². The maximum Gasteiger partial charge on any atom is 0.229 e. The molecule has 142 valence electrons. The summed E-state index contributed by atoms with van der Waals surface area (Å²) >= 11 is 0. The fraction of sp³-hybridized carbons (Fsp3) is 0.227. The van der Waals surface area contributed by atoms with Gasteiger partial charge in [-0.25, -0.2) is 9.37 Å². The quantitative estimate of drug-likeness (QED) is 0.657. The standard InChI is InChI=1S/C22H21FN4O/c1-13-4-3-5-17(10-13)24-21-20-18(11-14(2)12-19(20)28)26-22(27-21)25-16-8-6-15(23)7-9-16/h3-10,14H,11-12H2,1-2H3,(H2,24,25,26,27). The number of aromatic nitrogens is 2. The molecule has 4 rings (SSSR count). The van der Waals surface area contributed by atoms with Crippen LogP contribution in [0.25, 0.3) is 0 Å². The van der Waals surface area contributed by atoms with Gasteiger partial charge in [0, 0.05) is 17.8 Å². The molecule has 1 aliphatic rings. The summed E-state index contributed by atoms with van der Waals surface area (Å²) in [6.45, 7) is 4.05. The van der Waals surface area contributed by atoms with E-state index in [9.17, 15) is 9.18 Å².